The molecular weight excluding hydrogens is 304 g/mol. The van der Waals surface area contributed by atoms with Crippen LogP contribution in [0.3, 0.4) is 0 Å². The molecule has 7 heteroatoms. The first kappa shape index (κ1) is 17.7. The van der Waals surface area contributed by atoms with Crippen LogP contribution in [0.5, 0.6) is 0 Å². The summed E-state index contributed by atoms with van der Waals surface area (Å²) in [7, 11) is 0. The molecule has 1 aromatic rings. The molecule has 6 nitrogen and oxygen atoms in total. The first-order chi connectivity index (χ1) is 10.5. The van der Waals surface area contributed by atoms with E-state index in [1.54, 1.807) is 31.2 Å². The molecule has 0 aliphatic heterocycles. The van der Waals surface area contributed by atoms with Gasteiger partial charge >= 0.3 is 0 Å². The predicted molar refractivity (Wildman–Crippen MR) is 85.0 cm³/mol. The van der Waals surface area contributed by atoms with Gasteiger partial charge in [-0.3, -0.25) is 9.59 Å². The molecule has 0 aliphatic carbocycles. The molecule has 0 atom stereocenters. The summed E-state index contributed by atoms with van der Waals surface area (Å²) in [6, 6.07) is 6.83. The van der Waals surface area contributed by atoms with Gasteiger partial charge in [-0.1, -0.05) is 17.7 Å². The number of nitrogens with one attached hydrogen (secondary N) is 1. The summed E-state index contributed by atoms with van der Waals surface area (Å²) in [6.07, 6.45) is 2.33. The van der Waals surface area contributed by atoms with E-state index in [0.29, 0.717) is 36.6 Å². The van der Waals surface area contributed by atoms with Crippen LogP contribution < -0.4 is 11.1 Å². The Bertz CT molecular complexity index is 622. The van der Waals surface area contributed by atoms with Crippen molar-refractivity contribution in [1.82, 2.24) is 4.90 Å². The molecule has 1 aromatic carbocycles. The van der Waals surface area contributed by atoms with Crippen LogP contribution >= 0.6 is 11.6 Å². The average molecular weight is 321 g/mol. The number of carbonyl (C=O) groups excluding carboxylic acids is 2. The van der Waals surface area contributed by atoms with Crippen molar-refractivity contribution in [2.75, 3.05) is 18.4 Å². The largest absolute Gasteiger partial charge is 0.330 e. The summed E-state index contributed by atoms with van der Waals surface area (Å²) < 4.78 is 0. The maximum atomic E-state index is 12.1. The van der Waals surface area contributed by atoms with Gasteiger partial charge in [0.15, 0.2) is 0 Å². The SMILES string of the molecule is Cc1ccc(Cl)cc1NC(=O)/C(C#N)=C\N(C=O)CCCN. The Balaban J connectivity index is 2.90. The van der Waals surface area contributed by atoms with Gasteiger partial charge in [-0.25, -0.2) is 0 Å². The number of nitrogens with zero attached hydrogens (tertiary/aromatic N) is 2. The van der Waals surface area contributed by atoms with E-state index in [9.17, 15) is 9.59 Å². The number of nitriles is 1. The van der Waals surface area contributed by atoms with Gasteiger partial charge in [-0.05, 0) is 37.6 Å². The van der Waals surface area contributed by atoms with Gasteiger partial charge in [-0.15, -0.1) is 0 Å². The fourth-order valence-electron chi connectivity index (χ4n) is 1.64. The van der Waals surface area contributed by atoms with Gasteiger partial charge < -0.3 is 16.0 Å². The number of amides is 2. The van der Waals surface area contributed by atoms with E-state index in [2.05, 4.69) is 5.32 Å². The number of rotatable bonds is 7. The van der Waals surface area contributed by atoms with Crippen LogP contribution in [-0.2, 0) is 9.59 Å². The van der Waals surface area contributed by atoms with Crippen LogP contribution in [0.25, 0.3) is 0 Å². The first-order valence-corrected chi connectivity index (χ1v) is 7.00. The maximum Gasteiger partial charge on any atom is 0.267 e. The number of halogens is 1. The zero-order valence-corrected chi connectivity index (χ0v) is 12.9. The zero-order valence-electron chi connectivity index (χ0n) is 12.2. The Morgan fingerprint density at radius 2 is 2.27 bits per heavy atom. The summed E-state index contributed by atoms with van der Waals surface area (Å²) in [4.78, 5) is 24.3. The fraction of sp³-hybridized carbons (Fsp3) is 0.267. The number of nitrogens with two attached hydrogens (primary N) is 1. The molecule has 0 spiro atoms. The van der Waals surface area contributed by atoms with E-state index in [4.69, 9.17) is 22.6 Å². The quantitative estimate of drug-likeness (QED) is 0.454. The highest BCUT2D eigenvalue weighted by Gasteiger charge is 2.12. The number of hydrogen-bond donors (Lipinski definition) is 2. The van der Waals surface area contributed by atoms with E-state index in [-0.39, 0.29) is 5.57 Å². The van der Waals surface area contributed by atoms with Crippen molar-refractivity contribution in [3.8, 4) is 6.07 Å². The standard InChI is InChI=1S/C15H17ClN4O2/c1-11-3-4-13(16)7-14(11)19-15(22)12(8-18)9-20(10-21)6-2-5-17/h3-4,7,9-10H,2,5-6,17H2,1H3,(H,19,22)/b12-9-. The highest BCUT2D eigenvalue weighted by molar-refractivity contribution is 6.31. The molecule has 0 aromatic heterocycles. The first-order valence-electron chi connectivity index (χ1n) is 6.62. The third kappa shape index (κ3) is 5.20. The van der Waals surface area contributed by atoms with E-state index in [1.807, 2.05) is 0 Å². The van der Waals surface area contributed by atoms with Crippen LogP contribution in [0.1, 0.15) is 12.0 Å². The average Bonchev–Trinajstić information content (AvgIpc) is 2.51. The monoisotopic (exact) mass is 320 g/mol. The Labute approximate surface area is 134 Å². The number of hydrogen-bond acceptors (Lipinski definition) is 4. The Kier molecular flexibility index (Phi) is 7.09. The van der Waals surface area contributed by atoms with Crippen molar-refractivity contribution >= 4 is 29.6 Å². The van der Waals surface area contributed by atoms with Gasteiger partial charge in [0.1, 0.15) is 11.6 Å². The van der Waals surface area contributed by atoms with Crippen LogP contribution in [0.2, 0.25) is 5.02 Å². The molecule has 0 bridgehead atoms. The van der Waals surface area contributed by atoms with Crippen molar-refractivity contribution in [1.29, 1.82) is 5.26 Å². The molecule has 0 heterocycles. The second-order valence-electron chi connectivity index (χ2n) is 4.55. The van der Waals surface area contributed by atoms with Crippen LogP contribution in [0, 0.1) is 18.3 Å². The highest BCUT2D eigenvalue weighted by atomic mass is 35.5. The van der Waals surface area contributed by atoms with E-state index >= 15 is 0 Å². The maximum absolute atomic E-state index is 12.1. The molecule has 116 valence electrons. The lowest BCUT2D eigenvalue weighted by atomic mass is 10.2. The van der Waals surface area contributed by atoms with E-state index in [0.717, 1.165) is 5.56 Å². The minimum atomic E-state index is -0.604. The topological polar surface area (TPSA) is 99.2 Å². The molecule has 0 fully saturated rings. The minimum absolute atomic E-state index is 0.177. The number of aryl methyl sites for hydroxylation is 1. The van der Waals surface area contributed by atoms with E-state index in [1.165, 1.54) is 11.1 Å². The third-order valence-corrected chi connectivity index (χ3v) is 3.10. The molecule has 0 saturated heterocycles. The molecule has 0 saturated carbocycles. The zero-order chi connectivity index (χ0) is 16.5. The molecule has 22 heavy (non-hydrogen) atoms. The molecule has 0 unspecified atom stereocenters. The molecule has 2 amide bonds. The minimum Gasteiger partial charge on any atom is -0.330 e. The number of carbonyl (C=O) groups is 2. The van der Waals surface area contributed by atoms with Gasteiger partial charge in [0.25, 0.3) is 5.91 Å². The Morgan fingerprint density at radius 3 is 2.86 bits per heavy atom. The summed E-state index contributed by atoms with van der Waals surface area (Å²) >= 11 is 5.88. The van der Waals surface area contributed by atoms with Gasteiger partial charge in [0, 0.05) is 23.5 Å². The molecule has 3 N–H and O–H groups in total. The van der Waals surface area contributed by atoms with Crippen molar-refractivity contribution < 1.29 is 9.59 Å². The predicted octanol–water partition coefficient (Wildman–Crippen LogP) is 1.80. The summed E-state index contributed by atoms with van der Waals surface area (Å²) in [5.41, 5.74) is 6.51. The van der Waals surface area contributed by atoms with Crippen LogP contribution in [0.15, 0.2) is 30.0 Å². The highest BCUT2D eigenvalue weighted by Crippen LogP contribution is 2.20. The lowest BCUT2D eigenvalue weighted by Crippen LogP contribution is -2.22. The fourth-order valence-corrected chi connectivity index (χ4v) is 1.82. The Hall–Kier alpha value is -2.36. The van der Waals surface area contributed by atoms with Crippen molar-refractivity contribution in [2.45, 2.75) is 13.3 Å². The van der Waals surface area contributed by atoms with Gasteiger partial charge in [0.05, 0.1) is 0 Å². The smallest absolute Gasteiger partial charge is 0.267 e. The van der Waals surface area contributed by atoms with Crippen molar-refractivity contribution in [3.05, 3.63) is 40.6 Å². The van der Waals surface area contributed by atoms with Crippen molar-refractivity contribution in [3.63, 3.8) is 0 Å². The normalized spacial score (nSPS) is 10.7. The second kappa shape index (κ2) is 8.82. The Morgan fingerprint density at radius 1 is 1.55 bits per heavy atom. The molecule has 0 radical (unpaired) electrons. The lowest BCUT2D eigenvalue weighted by molar-refractivity contribution is -0.116. The second-order valence-corrected chi connectivity index (χ2v) is 4.99. The van der Waals surface area contributed by atoms with Crippen LogP contribution in [-0.4, -0.2) is 30.3 Å². The van der Waals surface area contributed by atoms with Gasteiger partial charge in [0.2, 0.25) is 6.41 Å². The van der Waals surface area contributed by atoms with Gasteiger partial charge in [-0.2, -0.15) is 5.26 Å². The summed E-state index contributed by atoms with van der Waals surface area (Å²) in [5, 5.41) is 12.2. The molecule has 1 rings (SSSR count). The molecule has 0 aliphatic rings. The van der Waals surface area contributed by atoms with Crippen LogP contribution in [0.4, 0.5) is 5.69 Å². The van der Waals surface area contributed by atoms with Crippen molar-refractivity contribution in [2.24, 2.45) is 5.73 Å². The molecular formula is C15H17ClN4O2. The number of benzene rings is 1. The summed E-state index contributed by atoms with van der Waals surface area (Å²) in [6.45, 7) is 2.56. The third-order valence-electron chi connectivity index (χ3n) is 2.86. The van der Waals surface area contributed by atoms with E-state index < -0.39 is 5.91 Å². The number of anilines is 1. The lowest BCUT2D eigenvalue weighted by Gasteiger charge is -2.13. The summed E-state index contributed by atoms with van der Waals surface area (Å²) in [5.74, 6) is -0.604.